The van der Waals surface area contributed by atoms with Gasteiger partial charge in [0.15, 0.2) is 0 Å². The van der Waals surface area contributed by atoms with E-state index in [0.717, 1.165) is 46.9 Å². The molecule has 126 valence electrons. The zero-order valence-electron chi connectivity index (χ0n) is 14.7. The molecule has 0 fully saturated rings. The Labute approximate surface area is 142 Å². The zero-order valence-corrected chi connectivity index (χ0v) is 14.7. The summed E-state index contributed by atoms with van der Waals surface area (Å²) in [6.07, 6.45) is 1.09. The van der Waals surface area contributed by atoms with Gasteiger partial charge in [0.2, 0.25) is 0 Å². The number of rotatable bonds is 6. The second-order valence-electron chi connectivity index (χ2n) is 6.41. The first-order valence-electron chi connectivity index (χ1n) is 8.55. The molecule has 3 aromatic rings. The van der Waals surface area contributed by atoms with Gasteiger partial charge >= 0.3 is 0 Å². The van der Waals surface area contributed by atoms with E-state index < -0.39 is 0 Å². The van der Waals surface area contributed by atoms with Crippen molar-refractivity contribution in [2.45, 2.75) is 19.9 Å². The lowest BCUT2D eigenvalue weighted by atomic mass is 10.0. The van der Waals surface area contributed by atoms with Crippen LogP contribution in [-0.4, -0.2) is 36.7 Å². The quantitative estimate of drug-likeness (QED) is 0.557. The van der Waals surface area contributed by atoms with Crippen LogP contribution < -0.4 is 10.9 Å². The monoisotopic (exact) mass is 323 g/mol. The van der Waals surface area contributed by atoms with Crippen molar-refractivity contribution in [1.82, 2.24) is 9.47 Å². The Bertz CT molecular complexity index is 912. The van der Waals surface area contributed by atoms with Crippen molar-refractivity contribution in [3.63, 3.8) is 0 Å². The summed E-state index contributed by atoms with van der Waals surface area (Å²) in [5, 5.41) is 6.41. The number of anilines is 1. The van der Waals surface area contributed by atoms with Crippen LogP contribution in [-0.2, 0) is 6.54 Å². The molecule has 4 nitrogen and oxygen atoms in total. The van der Waals surface area contributed by atoms with Crippen LogP contribution in [0.15, 0.2) is 47.3 Å². The molecule has 0 spiro atoms. The number of aryl methyl sites for hydroxylation is 1. The van der Waals surface area contributed by atoms with Crippen molar-refractivity contribution in [3.8, 4) is 0 Å². The number of hydrogen-bond donors (Lipinski definition) is 1. The second kappa shape index (κ2) is 7.05. The lowest BCUT2D eigenvalue weighted by molar-refractivity contribution is 0.405. The predicted octanol–water partition coefficient (Wildman–Crippen LogP) is 3.54. The van der Waals surface area contributed by atoms with Gasteiger partial charge in [0, 0.05) is 29.5 Å². The molecule has 0 bridgehead atoms. The summed E-state index contributed by atoms with van der Waals surface area (Å²) in [4.78, 5) is 14.9. The second-order valence-corrected chi connectivity index (χ2v) is 6.41. The van der Waals surface area contributed by atoms with Crippen molar-refractivity contribution < 1.29 is 0 Å². The van der Waals surface area contributed by atoms with Gasteiger partial charge in [0.25, 0.3) is 5.56 Å². The highest BCUT2D eigenvalue weighted by Crippen LogP contribution is 2.25. The van der Waals surface area contributed by atoms with Gasteiger partial charge in [-0.3, -0.25) is 4.79 Å². The number of benzene rings is 2. The Hall–Kier alpha value is -2.33. The largest absolute Gasteiger partial charge is 0.385 e. The maximum atomic E-state index is 12.8. The average Bonchev–Trinajstić information content (AvgIpc) is 2.59. The van der Waals surface area contributed by atoms with Crippen LogP contribution in [0.4, 0.5) is 5.69 Å². The van der Waals surface area contributed by atoms with E-state index in [4.69, 9.17) is 0 Å². The van der Waals surface area contributed by atoms with E-state index in [2.05, 4.69) is 36.4 Å². The van der Waals surface area contributed by atoms with Crippen LogP contribution in [0.2, 0.25) is 0 Å². The van der Waals surface area contributed by atoms with E-state index in [1.807, 2.05) is 41.8 Å². The molecule has 0 saturated carbocycles. The van der Waals surface area contributed by atoms with Crippen LogP contribution >= 0.6 is 0 Å². The highest BCUT2D eigenvalue weighted by molar-refractivity contribution is 6.06. The summed E-state index contributed by atoms with van der Waals surface area (Å²) < 4.78 is 1.85. The first-order chi connectivity index (χ1) is 11.6. The number of fused-ring (bicyclic) bond motifs is 3. The summed E-state index contributed by atoms with van der Waals surface area (Å²) in [6.45, 7) is 4.68. The molecule has 1 heterocycles. The molecule has 3 rings (SSSR count). The van der Waals surface area contributed by atoms with Crippen LogP contribution in [0.25, 0.3) is 21.7 Å². The Kier molecular flexibility index (Phi) is 4.86. The first-order valence-corrected chi connectivity index (χ1v) is 8.55. The number of pyridine rings is 1. The molecular weight excluding hydrogens is 298 g/mol. The van der Waals surface area contributed by atoms with E-state index in [1.54, 1.807) is 0 Å². The third-order valence-electron chi connectivity index (χ3n) is 4.41. The van der Waals surface area contributed by atoms with Gasteiger partial charge in [-0.25, -0.2) is 0 Å². The molecule has 0 aliphatic heterocycles. The molecule has 0 radical (unpaired) electrons. The minimum atomic E-state index is 0.0883. The third-order valence-corrected chi connectivity index (χ3v) is 4.41. The van der Waals surface area contributed by atoms with Crippen molar-refractivity contribution in [1.29, 1.82) is 0 Å². The lowest BCUT2D eigenvalue weighted by Crippen LogP contribution is -2.20. The molecular formula is C20H25N3O. The maximum Gasteiger partial charge on any atom is 0.258 e. The summed E-state index contributed by atoms with van der Waals surface area (Å²) in [6, 6.07) is 14.2. The maximum absolute atomic E-state index is 12.8. The van der Waals surface area contributed by atoms with Crippen molar-refractivity contribution in [2.24, 2.45) is 0 Å². The molecule has 4 heteroatoms. The minimum absolute atomic E-state index is 0.0883. The SMILES string of the molecule is CCn1c(=O)c2ccc(NCCCN(C)C)cc2c2ccccc21. The number of nitrogens with zero attached hydrogens (tertiary/aromatic N) is 2. The van der Waals surface area contributed by atoms with E-state index >= 15 is 0 Å². The van der Waals surface area contributed by atoms with E-state index in [1.165, 1.54) is 0 Å². The third kappa shape index (κ3) is 3.15. The minimum Gasteiger partial charge on any atom is -0.385 e. The van der Waals surface area contributed by atoms with Gasteiger partial charge in [-0.15, -0.1) is 0 Å². The Morgan fingerprint density at radius 1 is 1.04 bits per heavy atom. The average molecular weight is 323 g/mol. The summed E-state index contributed by atoms with van der Waals surface area (Å²) >= 11 is 0. The summed E-state index contributed by atoms with van der Waals surface area (Å²) in [5.74, 6) is 0. The Morgan fingerprint density at radius 2 is 1.83 bits per heavy atom. The normalized spacial score (nSPS) is 11.5. The topological polar surface area (TPSA) is 37.3 Å². The van der Waals surface area contributed by atoms with Gasteiger partial charge in [0.1, 0.15) is 0 Å². The highest BCUT2D eigenvalue weighted by Gasteiger charge is 2.09. The summed E-state index contributed by atoms with van der Waals surface area (Å²) in [5.41, 5.74) is 2.16. The number of nitrogens with one attached hydrogen (secondary N) is 1. The molecule has 1 N–H and O–H groups in total. The van der Waals surface area contributed by atoms with E-state index in [-0.39, 0.29) is 5.56 Å². The molecule has 24 heavy (non-hydrogen) atoms. The van der Waals surface area contributed by atoms with Crippen LogP contribution in [0.1, 0.15) is 13.3 Å². The molecule has 0 saturated heterocycles. The van der Waals surface area contributed by atoms with Crippen LogP contribution in [0.3, 0.4) is 0 Å². The number of hydrogen-bond acceptors (Lipinski definition) is 3. The van der Waals surface area contributed by atoms with E-state index in [9.17, 15) is 4.79 Å². The Balaban J connectivity index is 2.03. The fraction of sp³-hybridized carbons (Fsp3) is 0.350. The predicted molar refractivity (Wildman–Crippen MR) is 103 cm³/mol. The van der Waals surface area contributed by atoms with Crippen molar-refractivity contribution in [2.75, 3.05) is 32.5 Å². The van der Waals surface area contributed by atoms with E-state index in [0.29, 0.717) is 6.54 Å². The molecule has 0 atom stereocenters. The molecule has 0 aliphatic carbocycles. The van der Waals surface area contributed by atoms with Gasteiger partial charge in [-0.2, -0.15) is 0 Å². The smallest absolute Gasteiger partial charge is 0.258 e. The fourth-order valence-corrected chi connectivity index (χ4v) is 3.20. The van der Waals surface area contributed by atoms with Crippen LogP contribution in [0, 0.1) is 0 Å². The number of aromatic nitrogens is 1. The highest BCUT2D eigenvalue weighted by atomic mass is 16.1. The molecule has 0 unspecified atom stereocenters. The molecule has 1 aromatic heterocycles. The lowest BCUT2D eigenvalue weighted by Gasteiger charge is -2.14. The zero-order chi connectivity index (χ0) is 17.1. The van der Waals surface area contributed by atoms with Gasteiger partial charge < -0.3 is 14.8 Å². The van der Waals surface area contributed by atoms with Crippen molar-refractivity contribution in [3.05, 3.63) is 52.8 Å². The molecule has 0 amide bonds. The summed E-state index contributed by atoms with van der Waals surface area (Å²) in [7, 11) is 4.17. The Morgan fingerprint density at radius 3 is 2.58 bits per heavy atom. The first kappa shape index (κ1) is 16.5. The standard InChI is InChI=1S/C20H25N3O/c1-4-23-19-9-6-5-8-16(19)18-14-15(10-11-17(18)20(23)24)21-12-7-13-22(2)3/h5-6,8-11,14,21H,4,7,12-13H2,1-3H3. The molecule has 0 aliphatic rings. The number of para-hydroxylation sites is 1. The van der Waals surface area contributed by atoms with Gasteiger partial charge in [0.05, 0.1) is 5.52 Å². The van der Waals surface area contributed by atoms with Crippen LogP contribution in [0.5, 0.6) is 0 Å². The fourth-order valence-electron chi connectivity index (χ4n) is 3.20. The van der Waals surface area contributed by atoms with Gasteiger partial charge in [-0.05, 0) is 63.6 Å². The van der Waals surface area contributed by atoms with Gasteiger partial charge in [-0.1, -0.05) is 18.2 Å². The molecule has 2 aromatic carbocycles. The van der Waals surface area contributed by atoms with Crippen molar-refractivity contribution >= 4 is 27.4 Å².